The first-order chi connectivity index (χ1) is 16.8. The molecule has 2 atom stereocenters. The highest BCUT2D eigenvalue weighted by molar-refractivity contribution is 5.97. The molecule has 1 amide bonds. The second-order valence-corrected chi connectivity index (χ2v) is 9.02. The quantitative estimate of drug-likeness (QED) is 0.456. The van der Waals surface area contributed by atoms with E-state index in [0.717, 1.165) is 6.07 Å². The molecule has 1 aromatic carbocycles. The molecule has 2 aromatic rings. The standard InChI is InChI=1S/C23H23F9N2O3/c1-12-17(19(35)33-11-20(2,36)23(30,31)32)9-18(34(12)10-16-4-3-5-37-16)13-6-14(21(24,25)26)8-15(7-13)22(27,28)29/h6-9,16,36H,3-5,10-11H2,1-2H3,(H,33,35)/t16-,20?/m1/s1. The number of alkyl halides is 9. The summed E-state index contributed by atoms with van der Waals surface area (Å²) >= 11 is 0. The van der Waals surface area contributed by atoms with Crippen molar-refractivity contribution >= 4 is 5.91 Å². The molecule has 0 aliphatic carbocycles. The first-order valence-corrected chi connectivity index (χ1v) is 11.0. The van der Waals surface area contributed by atoms with Gasteiger partial charge in [0.15, 0.2) is 5.60 Å². The normalized spacial score (nSPS) is 18.6. The zero-order chi connectivity index (χ0) is 28.0. The third kappa shape index (κ3) is 6.40. The summed E-state index contributed by atoms with van der Waals surface area (Å²) in [7, 11) is 0. The summed E-state index contributed by atoms with van der Waals surface area (Å²) in [5.41, 5.74) is -7.28. The summed E-state index contributed by atoms with van der Waals surface area (Å²) in [5.74, 6) is -1.10. The summed E-state index contributed by atoms with van der Waals surface area (Å²) in [4.78, 5) is 12.7. The maximum absolute atomic E-state index is 13.4. The third-order valence-corrected chi connectivity index (χ3v) is 6.11. The van der Waals surface area contributed by atoms with Crippen LogP contribution in [0, 0.1) is 6.92 Å². The van der Waals surface area contributed by atoms with Gasteiger partial charge < -0.3 is 19.7 Å². The highest BCUT2D eigenvalue weighted by atomic mass is 19.4. The van der Waals surface area contributed by atoms with Crippen molar-refractivity contribution in [3.05, 3.63) is 46.6 Å². The fraction of sp³-hybridized carbons (Fsp3) is 0.522. The number of amides is 1. The lowest BCUT2D eigenvalue weighted by atomic mass is 10.0. The number of nitrogens with zero attached hydrogens (tertiary/aromatic N) is 1. The Balaban J connectivity index is 2.11. The Morgan fingerprint density at radius 3 is 2.05 bits per heavy atom. The molecule has 5 nitrogen and oxygen atoms in total. The van der Waals surface area contributed by atoms with Crippen molar-refractivity contribution < 1.29 is 54.2 Å². The maximum Gasteiger partial charge on any atom is 0.418 e. The first kappa shape index (κ1) is 28.8. The average Bonchev–Trinajstić information content (AvgIpc) is 3.38. The van der Waals surface area contributed by atoms with Crippen LogP contribution in [0.2, 0.25) is 0 Å². The van der Waals surface area contributed by atoms with Gasteiger partial charge in [-0.3, -0.25) is 4.79 Å². The van der Waals surface area contributed by atoms with Crippen molar-refractivity contribution in [3.63, 3.8) is 0 Å². The van der Waals surface area contributed by atoms with Crippen molar-refractivity contribution in [2.75, 3.05) is 13.2 Å². The molecule has 14 heteroatoms. The van der Waals surface area contributed by atoms with Gasteiger partial charge in [0.25, 0.3) is 5.91 Å². The second-order valence-electron chi connectivity index (χ2n) is 9.02. The van der Waals surface area contributed by atoms with Crippen LogP contribution in [0.25, 0.3) is 11.3 Å². The highest BCUT2D eigenvalue weighted by Gasteiger charge is 2.50. The predicted molar refractivity (Wildman–Crippen MR) is 113 cm³/mol. The number of aromatic nitrogens is 1. The number of ether oxygens (including phenoxy) is 1. The predicted octanol–water partition coefficient (Wildman–Crippen LogP) is 5.72. The molecule has 37 heavy (non-hydrogen) atoms. The van der Waals surface area contributed by atoms with Crippen LogP contribution >= 0.6 is 0 Å². The van der Waals surface area contributed by atoms with E-state index < -0.39 is 59.4 Å². The van der Waals surface area contributed by atoms with E-state index in [1.54, 1.807) is 0 Å². The molecular weight excluding hydrogens is 523 g/mol. The molecule has 1 aliphatic rings. The maximum atomic E-state index is 13.4. The Labute approximate surface area is 205 Å². The number of benzene rings is 1. The minimum atomic E-state index is -5.11. The van der Waals surface area contributed by atoms with Crippen LogP contribution in [0.15, 0.2) is 24.3 Å². The summed E-state index contributed by atoms with van der Waals surface area (Å²) < 4.78 is 126. The molecule has 1 aromatic heterocycles. The first-order valence-electron chi connectivity index (χ1n) is 11.0. The minimum absolute atomic E-state index is 0.0215. The molecule has 0 saturated carbocycles. The molecule has 1 fully saturated rings. The Kier molecular flexibility index (Phi) is 7.68. The van der Waals surface area contributed by atoms with Crippen LogP contribution in [-0.2, 0) is 23.6 Å². The van der Waals surface area contributed by atoms with Gasteiger partial charge in [0, 0.05) is 24.5 Å². The zero-order valence-electron chi connectivity index (χ0n) is 19.5. The van der Waals surface area contributed by atoms with Gasteiger partial charge in [0.1, 0.15) is 0 Å². The monoisotopic (exact) mass is 546 g/mol. The van der Waals surface area contributed by atoms with Gasteiger partial charge in [-0.2, -0.15) is 39.5 Å². The third-order valence-electron chi connectivity index (χ3n) is 6.11. The van der Waals surface area contributed by atoms with Crippen LogP contribution in [-0.4, -0.2) is 46.6 Å². The molecule has 2 heterocycles. The molecule has 1 unspecified atom stereocenters. The molecule has 0 bridgehead atoms. The fourth-order valence-electron chi connectivity index (χ4n) is 3.89. The van der Waals surface area contributed by atoms with Gasteiger partial charge >= 0.3 is 18.5 Å². The second kappa shape index (κ2) is 9.86. The molecule has 0 radical (unpaired) electrons. The van der Waals surface area contributed by atoms with Gasteiger partial charge in [0.2, 0.25) is 0 Å². The summed E-state index contributed by atoms with van der Waals surface area (Å²) in [6.07, 6.45) is -14.5. The molecule has 3 rings (SSSR count). The number of hydrogen-bond acceptors (Lipinski definition) is 3. The number of carbonyl (C=O) groups is 1. The molecule has 1 aliphatic heterocycles. The summed E-state index contributed by atoms with van der Waals surface area (Å²) in [6.45, 7) is 0.931. The summed E-state index contributed by atoms with van der Waals surface area (Å²) in [5, 5.41) is 11.5. The van der Waals surface area contributed by atoms with Crippen LogP contribution < -0.4 is 5.32 Å². The van der Waals surface area contributed by atoms with Crippen molar-refractivity contribution in [1.29, 1.82) is 0 Å². The van der Waals surface area contributed by atoms with Crippen LogP contribution in [0.3, 0.4) is 0 Å². The Bertz CT molecular complexity index is 1110. The highest BCUT2D eigenvalue weighted by Crippen LogP contribution is 2.40. The van der Waals surface area contributed by atoms with Gasteiger partial charge in [-0.1, -0.05) is 0 Å². The van der Waals surface area contributed by atoms with Gasteiger partial charge in [-0.25, -0.2) is 0 Å². The molecule has 0 spiro atoms. The van der Waals surface area contributed by atoms with E-state index in [1.165, 1.54) is 11.5 Å². The lowest BCUT2D eigenvalue weighted by molar-refractivity contribution is -0.249. The van der Waals surface area contributed by atoms with E-state index >= 15 is 0 Å². The van der Waals surface area contributed by atoms with Crippen molar-refractivity contribution in [2.45, 2.75) is 63.5 Å². The lowest BCUT2D eigenvalue weighted by Gasteiger charge is -2.26. The number of rotatable bonds is 6. The Morgan fingerprint density at radius 2 is 1.59 bits per heavy atom. The minimum Gasteiger partial charge on any atom is -0.379 e. The molecule has 2 N–H and O–H groups in total. The number of aliphatic hydroxyl groups is 1. The van der Waals surface area contributed by atoms with Crippen molar-refractivity contribution in [2.24, 2.45) is 0 Å². The topological polar surface area (TPSA) is 63.5 Å². The van der Waals surface area contributed by atoms with Crippen LogP contribution in [0.4, 0.5) is 39.5 Å². The SMILES string of the molecule is Cc1c(C(=O)NCC(C)(O)C(F)(F)F)cc(-c2cc(C(F)(F)F)cc(C(F)(F)F)c2)n1C[C@H]1CCCO1. The molecular formula is C23H23F9N2O3. The van der Waals surface area contributed by atoms with Gasteiger partial charge in [-0.05, 0) is 56.5 Å². The number of hydrogen-bond donors (Lipinski definition) is 2. The van der Waals surface area contributed by atoms with E-state index in [9.17, 15) is 49.4 Å². The average molecular weight is 546 g/mol. The Hall–Kier alpha value is -2.74. The van der Waals surface area contributed by atoms with Crippen molar-refractivity contribution in [1.82, 2.24) is 9.88 Å². The molecule has 206 valence electrons. The molecule has 1 saturated heterocycles. The van der Waals surface area contributed by atoms with Gasteiger partial charge in [0.05, 0.1) is 29.3 Å². The number of carbonyl (C=O) groups excluding carboxylic acids is 1. The lowest BCUT2D eigenvalue weighted by Crippen LogP contribution is -2.51. The Morgan fingerprint density at radius 1 is 1.03 bits per heavy atom. The fourth-order valence-corrected chi connectivity index (χ4v) is 3.89. The van der Waals surface area contributed by atoms with E-state index in [1.807, 2.05) is 5.32 Å². The van der Waals surface area contributed by atoms with Crippen molar-refractivity contribution in [3.8, 4) is 11.3 Å². The van der Waals surface area contributed by atoms with Crippen LogP contribution in [0.5, 0.6) is 0 Å². The van der Waals surface area contributed by atoms with E-state index in [4.69, 9.17) is 4.74 Å². The number of nitrogens with one attached hydrogen (secondary N) is 1. The smallest absolute Gasteiger partial charge is 0.379 e. The zero-order valence-corrected chi connectivity index (χ0v) is 19.5. The van der Waals surface area contributed by atoms with Crippen LogP contribution in [0.1, 0.15) is 46.9 Å². The van der Waals surface area contributed by atoms with E-state index in [0.29, 0.717) is 38.5 Å². The van der Waals surface area contributed by atoms with E-state index in [-0.39, 0.29) is 29.6 Å². The summed E-state index contributed by atoms with van der Waals surface area (Å²) in [6, 6.07) is 1.99. The number of halogens is 9. The largest absolute Gasteiger partial charge is 0.418 e. The van der Waals surface area contributed by atoms with E-state index in [2.05, 4.69) is 0 Å². The van der Waals surface area contributed by atoms with Gasteiger partial charge in [-0.15, -0.1) is 0 Å².